The second-order valence-corrected chi connectivity index (χ2v) is 14.0. The third-order valence-corrected chi connectivity index (χ3v) is 10.1. The van der Waals surface area contributed by atoms with E-state index in [-0.39, 0.29) is 16.9 Å². The van der Waals surface area contributed by atoms with Gasteiger partial charge in [-0.1, -0.05) is 23.7 Å². The van der Waals surface area contributed by atoms with Crippen LogP contribution in [0.25, 0.3) is 0 Å². The Kier molecular flexibility index (Phi) is 10.2. The Bertz CT molecular complexity index is 1610. The number of aromatic nitrogens is 2. The van der Waals surface area contributed by atoms with Gasteiger partial charge in [0.2, 0.25) is 16.0 Å². The van der Waals surface area contributed by atoms with Crippen LogP contribution in [0.3, 0.4) is 0 Å². The predicted octanol–water partition coefficient (Wildman–Crippen LogP) is 5.03. The first kappa shape index (κ1) is 32.6. The van der Waals surface area contributed by atoms with E-state index in [0.717, 1.165) is 70.4 Å². The summed E-state index contributed by atoms with van der Waals surface area (Å²) < 4.78 is 31.2. The molecule has 2 fully saturated rings. The fraction of sp³-hybridized carbons (Fsp3) is 0.452. The van der Waals surface area contributed by atoms with E-state index in [2.05, 4.69) is 30.4 Å². The number of halogens is 1. The second kappa shape index (κ2) is 14.1. The lowest BCUT2D eigenvalue weighted by Crippen LogP contribution is -2.42. The molecule has 2 aliphatic heterocycles. The summed E-state index contributed by atoms with van der Waals surface area (Å²) in [5.74, 6) is 0.987. The van der Waals surface area contributed by atoms with E-state index in [1.165, 1.54) is 17.5 Å². The Morgan fingerprint density at radius 2 is 1.78 bits per heavy atom. The normalized spacial score (nSPS) is 16.8. The van der Waals surface area contributed by atoms with Crippen molar-refractivity contribution in [2.75, 3.05) is 73.0 Å². The van der Waals surface area contributed by atoms with Gasteiger partial charge in [-0.15, -0.1) is 0 Å². The predicted molar refractivity (Wildman–Crippen MR) is 178 cm³/mol. The molecule has 0 spiro atoms. The van der Waals surface area contributed by atoms with Crippen LogP contribution in [0.5, 0.6) is 5.75 Å². The molecule has 2 aliphatic rings. The van der Waals surface area contributed by atoms with Gasteiger partial charge in [0.05, 0.1) is 42.5 Å². The zero-order valence-corrected chi connectivity index (χ0v) is 27.3. The number of para-hydroxylation sites is 2. The summed E-state index contributed by atoms with van der Waals surface area (Å²) in [5, 5.41) is 15.9. The van der Waals surface area contributed by atoms with Crippen molar-refractivity contribution in [1.82, 2.24) is 14.9 Å². The topological polar surface area (TPSA) is 140 Å². The number of methoxy groups -OCH3 is 1. The number of carboxylic acids is 1. The molecule has 1 aromatic heterocycles. The number of anilines is 6. The van der Waals surface area contributed by atoms with Crippen molar-refractivity contribution in [2.24, 2.45) is 11.8 Å². The van der Waals surface area contributed by atoms with E-state index in [0.29, 0.717) is 34.5 Å². The van der Waals surface area contributed by atoms with Gasteiger partial charge in [0.25, 0.3) is 0 Å². The SMILES string of the molecule is COc1cc(N2CCC(CN3CCC(C(=O)O)CC3)CC2)ccc1Nc1ncc(Cl)c(Nc2ccccc2N(C)S(C)(=O)=O)n1. The first-order chi connectivity index (χ1) is 21.5. The van der Waals surface area contributed by atoms with E-state index in [9.17, 15) is 18.3 Å². The molecule has 2 saturated heterocycles. The van der Waals surface area contributed by atoms with Crippen molar-refractivity contribution in [1.29, 1.82) is 0 Å². The van der Waals surface area contributed by atoms with Crippen molar-refractivity contribution in [3.63, 3.8) is 0 Å². The fourth-order valence-electron chi connectivity index (χ4n) is 5.88. The lowest BCUT2D eigenvalue weighted by Gasteiger charge is -2.38. The van der Waals surface area contributed by atoms with E-state index >= 15 is 0 Å². The molecule has 45 heavy (non-hydrogen) atoms. The summed E-state index contributed by atoms with van der Waals surface area (Å²) in [7, 11) is -0.379. The molecular weight excluding hydrogens is 618 g/mol. The zero-order valence-electron chi connectivity index (χ0n) is 25.7. The minimum absolute atomic E-state index is 0.195. The first-order valence-electron chi connectivity index (χ1n) is 15.0. The summed E-state index contributed by atoms with van der Waals surface area (Å²) in [6.45, 7) is 4.65. The Hall–Kier alpha value is -3.81. The lowest BCUT2D eigenvalue weighted by molar-refractivity contribution is -0.143. The quantitative estimate of drug-likeness (QED) is 0.256. The maximum atomic E-state index is 12.2. The average Bonchev–Trinajstić information content (AvgIpc) is 3.03. The number of aliphatic carboxylic acids is 1. The van der Waals surface area contributed by atoms with Crippen LogP contribution in [0, 0.1) is 11.8 Å². The summed E-state index contributed by atoms with van der Waals surface area (Å²) >= 11 is 6.42. The van der Waals surface area contributed by atoms with Gasteiger partial charge in [-0.25, -0.2) is 13.4 Å². The minimum atomic E-state index is -3.48. The number of sulfonamides is 1. The lowest BCUT2D eigenvalue weighted by atomic mass is 9.92. The van der Waals surface area contributed by atoms with Crippen LogP contribution in [0.2, 0.25) is 5.02 Å². The molecule has 0 aliphatic carbocycles. The molecule has 0 atom stereocenters. The highest BCUT2D eigenvalue weighted by atomic mass is 35.5. The number of rotatable bonds is 11. The van der Waals surface area contributed by atoms with Gasteiger partial charge in [-0.2, -0.15) is 4.98 Å². The van der Waals surface area contributed by atoms with Gasteiger partial charge in [0.1, 0.15) is 10.8 Å². The highest BCUT2D eigenvalue weighted by Gasteiger charge is 2.28. The van der Waals surface area contributed by atoms with E-state index in [1.54, 1.807) is 31.4 Å². The van der Waals surface area contributed by atoms with Gasteiger partial charge in [-0.05, 0) is 69.0 Å². The van der Waals surface area contributed by atoms with Crippen LogP contribution in [-0.4, -0.2) is 87.5 Å². The number of nitrogens with one attached hydrogen (secondary N) is 2. The molecule has 0 saturated carbocycles. The van der Waals surface area contributed by atoms with Crippen LogP contribution < -0.4 is 24.6 Å². The molecule has 0 amide bonds. The van der Waals surface area contributed by atoms with Crippen molar-refractivity contribution in [3.8, 4) is 5.75 Å². The van der Waals surface area contributed by atoms with Gasteiger partial charge in [0.15, 0.2) is 5.82 Å². The molecule has 12 nitrogen and oxygen atoms in total. The van der Waals surface area contributed by atoms with Crippen molar-refractivity contribution in [2.45, 2.75) is 25.7 Å². The van der Waals surface area contributed by atoms with Crippen molar-refractivity contribution >= 4 is 62.1 Å². The number of carbonyl (C=O) groups is 1. The van der Waals surface area contributed by atoms with E-state index in [4.69, 9.17) is 16.3 Å². The molecule has 0 radical (unpaired) electrons. The van der Waals surface area contributed by atoms with Gasteiger partial charge in [0, 0.05) is 38.4 Å². The summed E-state index contributed by atoms with van der Waals surface area (Å²) in [6, 6.07) is 13.0. The second-order valence-electron chi connectivity index (χ2n) is 11.6. The largest absolute Gasteiger partial charge is 0.494 e. The number of benzene rings is 2. The third kappa shape index (κ3) is 8.08. The fourth-order valence-corrected chi connectivity index (χ4v) is 6.53. The smallest absolute Gasteiger partial charge is 0.306 e. The molecule has 2 aromatic carbocycles. The first-order valence-corrected chi connectivity index (χ1v) is 17.2. The van der Waals surface area contributed by atoms with E-state index in [1.807, 2.05) is 18.2 Å². The zero-order chi connectivity index (χ0) is 32.1. The van der Waals surface area contributed by atoms with E-state index < -0.39 is 16.0 Å². The number of ether oxygens (including phenoxy) is 1. The molecule has 3 heterocycles. The molecule has 242 valence electrons. The number of nitrogens with zero attached hydrogens (tertiary/aromatic N) is 5. The summed E-state index contributed by atoms with van der Waals surface area (Å²) in [4.78, 5) is 24.9. The number of hydrogen-bond acceptors (Lipinski definition) is 10. The summed E-state index contributed by atoms with van der Waals surface area (Å²) in [5.41, 5.74) is 2.73. The average molecular weight is 658 g/mol. The molecule has 3 aromatic rings. The molecule has 0 bridgehead atoms. The monoisotopic (exact) mass is 657 g/mol. The molecule has 14 heteroatoms. The Labute approximate surface area is 269 Å². The number of carboxylic acid groups (broad SMARTS) is 1. The van der Waals surface area contributed by atoms with Gasteiger partial charge >= 0.3 is 5.97 Å². The Morgan fingerprint density at radius 3 is 2.44 bits per heavy atom. The van der Waals surface area contributed by atoms with Crippen molar-refractivity contribution in [3.05, 3.63) is 53.7 Å². The molecule has 3 N–H and O–H groups in total. The number of hydrogen-bond donors (Lipinski definition) is 3. The maximum Gasteiger partial charge on any atom is 0.306 e. The number of likely N-dealkylation sites (tertiary alicyclic amines) is 1. The molecule has 0 unspecified atom stereocenters. The molecular formula is C31H40ClN7O5S. The van der Waals surface area contributed by atoms with Crippen LogP contribution in [0.4, 0.5) is 34.5 Å². The van der Waals surface area contributed by atoms with Crippen LogP contribution in [-0.2, 0) is 14.8 Å². The van der Waals surface area contributed by atoms with Gasteiger partial charge < -0.3 is 30.3 Å². The number of piperidine rings is 2. The van der Waals surface area contributed by atoms with Gasteiger partial charge in [-0.3, -0.25) is 9.10 Å². The van der Waals surface area contributed by atoms with Crippen LogP contribution in [0.15, 0.2) is 48.7 Å². The highest BCUT2D eigenvalue weighted by Crippen LogP contribution is 2.35. The third-order valence-electron chi connectivity index (χ3n) is 8.60. The van der Waals surface area contributed by atoms with Crippen molar-refractivity contribution < 1.29 is 23.1 Å². The standard InChI is InChI=1S/C31H40ClN7O5S/c1-37(45(3,42)43)27-7-5-4-6-25(27)34-29-24(32)19-33-31(36-29)35-26-9-8-23(18-28(26)44-2)39-16-10-21(11-17-39)20-38-14-12-22(13-15-38)30(40)41/h4-9,18-19,21-22H,10-17,20H2,1-3H3,(H,40,41)(H2,33,34,35,36). The minimum Gasteiger partial charge on any atom is -0.494 e. The summed E-state index contributed by atoms with van der Waals surface area (Å²) in [6.07, 6.45) is 6.26. The Morgan fingerprint density at radius 1 is 1.07 bits per heavy atom. The Balaban J connectivity index is 1.22. The van der Waals surface area contributed by atoms with Crippen LogP contribution >= 0.6 is 11.6 Å². The maximum absolute atomic E-state index is 12.2. The van der Waals surface area contributed by atoms with Crippen LogP contribution in [0.1, 0.15) is 25.7 Å². The molecule has 5 rings (SSSR count). The highest BCUT2D eigenvalue weighted by molar-refractivity contribution is 7.92.